The zero-order valence-electron chi connectivity index (χ0n) is 14.7. The summed E-state index contributed by atoms with van der Waals surface area (Å²) in [5, 5.41) is 11.6. The highest BCUT2D eigenvalue weighted by Crippen LogP contribution is 2.19. The summed E-state index contributed by atoms with van der Waals surface area (Å²) in [5.74, 6) is 0.838. The van der Waals surface area contributed by atoms with E-state index in [0.29, 0.717) is 0 Å². The van der Waals surface area contributed by atoms with Crippen LogP contribution in [0.25, 0.3) is 21.9 Å². The smallest absolute Gasteiger partial charge is 0.163 e. The molecule has 0 aliphatic rings. The van der Waals surface area contributed by atoms with E-state index in [9.17, 15) is 0 Å². The standard InChI is InChI=1S/C20H18N6/c1-13-12-21-14(2)18-11-16(23-26(13)18)7-8-19-22-20-17-6-4-3-5-15(17)9-10-25(20)24-19/h3-6,9-12H,7-8H2,1-2H3. The molecule has 0 bridgehead atoms. The van der Waals surface area contributed by atoms with Gasteiger partial charge in [0, 0.05) is 24.2 Å². The van der Waals surface area contributed by atoms with Gasteiger partial charge >= 0.3 is 0 Å². The maximum atomic E-state index is 4.75. The number of fused-ring (bicyclic) bond motifs is 4. The third kappa shape index (κ3) is 2.34. The van der Waals surface area contributed by atoms with Crippen LogP contribution in [0.5, 0.6) is 0 Å². The maximum Gasteiger partial charge on any atom is 0.163 e. The first-order chi connectivity index (χ1) is 12.7. The number of hydrogen-bond acceptors (Lipinski definition) is 4. The van der Waals surface area contributed by atoms with E-state index >= 15 is 0 Å². The predicted molar refractivity (Wildman–Crippen MR) is 100 cm³/mol. The van der Waals surface area contributed by atoms with Crippen LogP contribution in [0.4, 0.5) is 0 Å². The minimum Gasteiger partial charge on any atom is -0.257 e. The molecule has 5 aromatic rings. The lowest BCUT2D eigenvalue weighted by molar-refractivity contribution is 0.792. The molecule has 6 nitrogen and oxygen atoms in total. The maximum absolute atomic E-state index is 4.75. The highest BCUT2D eigenvalue weighted by molar-refractivity contribution is 5.93. The number of hydrogen-bond donors (Lipinski definition) is 0. The Morgan fingerprint density at radius 2 is 1.88 bits per heavy atom. The van der Waals surface area contributed by atoms with Gasteiger partial charge in [-0.05, 0) is 37.8 Å². The van der Waals surface area contributed by atoms with Crippen LogP contribution >= 0.6 is 0 Å². The summed E-state index contributed by atoms with van der Waals surface area (Å²) < 4.78 is 3.82. The molecule has 0 atom stereocenters. The number of aromatic nitrogens is 6. The molecule has 0 unspecified atom stereocenters. The van der Waals surface area contributed by atoms with Crippen LogP contribution in [0, 0.1) is 13.8 Å². The summed E-state index contributed by atoms with van der Waals surface area (Å²) in [5.41, 5.74) is 5.03. The van der Waals surface area contributed by atoms with Gasteiger partial charge in [-0.2, -0.15) is 10.2 Å². The van der Waals surface area contributed by atoms with Crippen molar-refractivity contribution in [1.82, 2.24) is 29.2 Å². The SMILES string of the molecule is Cc1ncc(C)n2nc(CCc3nc4c5ccccc5ccn4n3)cc12. The van der Waals surface area contributed by atoms with Crippen molar-refractivity contribution in [3.05, 3.63) is 71.7 Å². The average molecular weight is 342 g/mol. The molecule has 0 saturated heterocycles. The van der Waals surface area contributed by atoms with Crippen molar-refractivity contribution >= 4 is 21.9 Å². The topological polar surface area (TPSA) is 60.4 Å². The van der Waals surface area contributed by atoms with Crippen LogP contribution in [0.2, 0.25) is 0 Å². The highest BCUT2D eigenvalue weighted by atomic mass is 15.3. The van der Waals surface area contributed by atoms with E-state index in [4.69, 9.17) is 10.1 Å². The summed E-state index contributed by atoms with van der Waals surface area (Å²) >= 11 is 0. The first kappa shape index (κ1) is 15.0. The Hall–Kier alpha value is -3.28. The molecule has 128 valence electrons. The van der Waals surface area contributed by atoms with Gasteiger partial charge in [0.2, 0.25) is 0 Å². The summed E-state index contributed by atoms with van der Waals surface area (Å²) in [6.45, 7) is 4.03. The number of benzene rings is 1. The Kier molecular flexibility index (Phi) is 3.25. The minimum absolute atomic E-state index is 0.755. The Balaban J connectivity index is 1.47. The average Bonchev–Trinajstić information content (AvgIpc) is 3.28. The number of aryl methyl sites for hydroxylation is 4. The molecule has 0 aliphatic heterocycles. The summed E-state index contributed by atoms with van der Waals surface area (Å²) in [6, 6.07) is 12.4. The number of nitrogens with zero attached hydrogens (tertiary/aromatic N) is 6. The Morgan fingerprint density at radius 1 is 1.00 bits per heavy atom. The molecule has 5 rings (SSSR count). The van der Waals surface area contributed by atoms with E-state index in [1.807, 2.05) is 47.4 Å². The lowest BCUT2D eigenvalue weighted by atomic mass is 10.2. The van der Waals surface area contributed by atoms with Gasteiger partial charge in [-0.15, -0.1) is 0 Å². The van der Waals surface area contributed by atoms with Crippen molar-refractivity contribution < 1.29 is 0 Å². The first-order valence-electron chi connectivity index (χ1n) is 8.73. The van der Waals surface area contributed by atoms with Crippen molar-refractivity contribution in [1.29, 1.82) is 0 Å². The van der Waals surface area contributed by atoms with Crippen molar-refractivity contribution in [2.75, 3.05) is 0 Å². The summed E-state index contributed by atoms with van der Waals surface area (Å²) in [4.78, 5) is 9.16. The molecule has 1 aromatic carbocycles. The third-order valence-corrected chi connectivity index (χ3v) is 4.79. The molecular weight excluding hydrogens is 324 g/mol. The Labute approximate surface area is 150 Å². The lowest BCUT2D eigenvalue weighted by Crippen LogP contribution is -1.98. The van der Waals surface area contributed by atoms with E-state index in [2.05, 4.69) is 34.3 Å². The lowest BCUT2D eigenvalue weighted by Gasteiger charge is -1.99. The van der Waals surface area contributed by atoms with Crippen LogP contribution < -0.4 is 0 Å². The molecule has 0 fully saturated rings. The highest BCUT2D eigenvalue weighted by Gasteiger charge is 2.10. The normalized spacial score (nSPS) is 11.8. The molecule has 26 heavy (non-hydrogen) atoms. The Morgan fingerprint density at radius 3 is 2.77 bits per heavy atom. The van der Waals surface area contributed by atoms with Crippen LogP contribution in [0.15, 0.2) is 48.8 Å². The van der Waals surface area contributed by atoms with Crippen molar-refractivity contribution in [2.24, 2.45) is 0 Å². The van der Waals surface area contributed by atoms with Gasteiger partial charge in [-0.3, -0.25) is 4.98 Å². The van der Waals surface area contributed by atoms with Crippen molar-refractivity contribution in [3.8, 4) is 0 Å². The molecule has 6 heteroatoms. The second kappa shape index (κ2) is 5.62. The van der Waals surface area contributed by atoms with Gasteiger partial charge in [0.15, 0.2) is 11.5 Å². The molecule has 0 amide bonds. The number of rotatable bonds is 3. The van der Waals surface area contributed by atoms with Crippen LogP contribution in [-0.4, -0.2) is 29.2 Å². The summed E-state index contributed by atoms with van der Waals surface area (Å²) in [6.07, 6.45) is 5.38. The van der Waals surface area contributed by atoms with Gasteiger partial charge < -0.3 is 0 Å². The third-order valence-electron chi connectivity index (χ3n) is 4.79. The van der Waals surface area contributed by atoms with Gasteiger partial charge in [-0.25, -0.2) is 14.0 Å². The molecule has 0 saturated carbocycles. The molecular formula is C20H18N6. The van der Waals surface area contributed by atoms with Crippen LogP contribution in [0.1, 0.15) is 22.9 Å². The van der Waals surface area contributed by atoms with Gasteiger partial charge in [0.05, 0.1) is 22.6 Å². The molecule has 4 heterocycles. The fourth-order valence-corrected chi connectivity index (χ4v) is 3.39. The van der Waals surface area contributed by atoms with Crippen LogP contribution in [-0.2, 0) is 12.8 Å². The van der Waals surface area contributed by atoms with Gasteiger partial charge in [-0.1, -0.05) is 24.3 Å². The van der Waals surface area contributed by atoms with Crippen molar-refractivity contribution in [2.45, 2.75) is 26.7 Å². The largest absolute Gasteiger partial charge is 0.257 e. The Bertz CT molecular complexity index is 1220. The minimum atomic E-state index is 0.755. The monoisotopic (exact) mass is 342 g/mol. The molecule has 0 radical (unpaired) electrons. The fourth-order valence-electron chi connectivity index (χ4n) is 3.39. The van der Waals surface area contributed by atoms with E-state index < -0.39 is 0 Å². The predicted octanol–water partition coefficient (Wildman–Crippen LogP) is 3.33. The zero-order chi connectivity index (χ0) is 17.7. The summed E-state index contributed by atoms with van der Waals surface area (Å²) in [7, 11) is 0. The van der Waals surface area contributed by atoms with E-state index in [-0.39, 0.29) is 0 Å². The fraction of sp³-hybridized carbons (Fsp3) is 0.200. The van der Waals surface area contributed by atoms with Crippen molar-refractivity contribution in [3.63, 3.8) is 0 Å². The quantitative estimate of drug-likeness (QED) is 0.505. The zero-order valence-corrected chi connectivity index (χ0v) is 14.7. The molecule has 0 N–H and O–H groups in total. The van der Waals surface area contributed by atoms with E-state index in [1.165, 1.54) is 5.39 Å². The first-order valence-corrected chi connectivity index (χ1v) is 8.73. The molecule has 4 aromatic heterocycles. The number of pyridine rings is 1. The molecule has 0 aliphatic carbocycles. The second-order valence-electron chi connectivity index (χ2n) is 6.62. The van der Waals surface area contributed by atoms with Gasteiger partial charge in [0.1, 0.15) is 0 Å². The molecule has 0 spiro atoms. The van der Waals surface area contributed by atoms with E-state index in [0.717, 1.165) is 52.3 Å². The van der Waals surface area contributed by atoms with E-state index in [1.54, 1.807) is 0 Å². The van der Waals surface area contributed by atoms with Gasteiger partial charge in [0.25, 0.3) is 0 Å². The van der Waals surface area contributed by atoms with Crippen LogP contribution in [0.3, 0.4) is 0 Å². The second-order valence-corrected chi connectivity index (χ2v) is 6.62.